The molecule has 0 unspecified atom stereocenters. The average molecular weight is 434 g/mol. The van der Waals surface area contributed by atoms with Crippen molar-refractivity contribution in [3.8, 4) is 0 Å². The van der Waals surface area contributed by atoms with Gasteiger partial charge in [0.2, 0.25) is 5.91 Å². The van der Waals surface area contributed by atoms with Crippen molar-refractivity contribution in [1.29, 1.82) is 0 Å². The van der Waals surface area contributed by atoms with Gasteiger partial charge in [-0.05, 0) is 57.6 Å². The number of fused-ring (bicyclic) bond motifs is 1. The van der Waals surface area contributed by atoms with Crippen LogP contribution in [-0.2, 0) is 17.6 Å². The van der Waals surface area contributed by atoms with Gasteiger partial charge in [-0.2, -0.15) is 0 Å². The van der Waals surface area contributed by atoms with E-state index in [2.05, 4.69) is 33.8 Å². The predicted molar refractivity (Wildman–Crippen MR) is 126 cm³/mol. The van der Waals surface area contributed by atoms with E-state index in [9.17, 15) is 4.79 Å². The lowest BCUT2D eigenvalue weighted by Crippen LogP contribution is -2.42. The molecule has 2 aromatic rings. The van der Waals surface area contributed by atoms with Crippen LogP contribution in [0.4, 0.5) is 5.82 Å². The van der Waals surface area contributed by atoms with Gasteiger partial charge >= 0.3 is 0 Å². The number of aryl methyl sites for hydroxylation is 1. The lowest BCUT2D eigenvalue weighted by molar-refractivity contribution is -0.136. The first-order valence-corrected chi connectivity index (χ1v) is 12.5. The summed E-state index contributed by atoms with van der Waals surface area (Å²) in [5, 5.41) is 0. The van der Waals surface area contributed by atoms with E-state index in [1.165, 1.54) is 18.4 Å². The smallest absolute Gasteiger partial charge is 0.225 e. The van der Waals surface area contributed by atoms with E-state index < -0.39 is 0 Å². The van der Waals surface area contributed by atoms with Crippen LogP contribution in [0.1, 0.15) is 73.6 Å². The summed E-state index contributed by atoms with van der Waals surface area (Å²) in [5.41, 5.74) is 3.54. The second-order valence-corrected chi connectivity index (χ2v) is 9.74. The molecule has 1 saturated heterocycles. The monoisotopic (exact) mass is 433 g/mol. The number of pyridine rings is 1. The number of likely N-dealkylation sites (tertiary alicyclic amines) is 1. The minimum atomic E-state index is 0.248. The normalized spacial score (nSPS) is 21.6. The van der Waals surface area contributed by atoms with Crippen LogP contribution in [0.2, 0.25) is 0 Å². The number of carbonyl (C=O) groups is 1. The third-order valence-electron chi connectivity index (χ3n) is 7.53. The number of piperidine rings is 1. The minimum absolute atomic E-state index is 0.248. The molecule has 2 aromatic heterocycles. The Kier molecular flexibility index (Phi) is 6.37. The SMILES string of the molecule is Cc1nc([C@H]2CCCN(C(=O)C3CCCC3)C2)nc2c1CCCN2CCc1ccccn1. The van der Waals surface area contributed by atoms with Crippen molar-refractivity contribution < 1.29 is 4.79 Å². The molecule has 3 aliphatic rings. The molecule has 6 heteroatoms. The number of hydrogen-bond acceptors (Lipinski definition) is 5. The van der Waals surface area contributed by atoms with E-state index in [-0.39, 0.29) is 11.8 Å². The molecule has 1 saturated carbocycles. The summed E-state index contributed by atoms with van der Waals surface area (Å²) >= 11 is 0. The maximum Gasteiger partial charge on any atom is 0.225 e. The Labute approximate surface area is 191 Å². The van der Waals surface area contributed by atoms with Crippen LogP contribution >= 0.6 is 0 Å². The van der Waals surface area contributed by atoms with E-state index >= 15 is 0 Å². The molecule has 0 N–H and O–H groups in total. The van der Waals surface area contributed by atoms with Gasteiger partial charge in [0.25, 0.3) is 0 Å². The van der Waals surface area contributed by atoms with Gasteiger partial charge in [0, 0.05) is 67.6 Å². The number of anilines is 1. The molecule has 1 aliphatic carbocycles. The maximum absolute atomic E-state index is 13.0. The molecule has 1 atom stereocenters. The van der Waals surface area contributed by atoms with Crippen LogP contribution in [0.25, 0.3) is 0 Å². The van der Waals surface area contributed by atoms with Crippen molar-refractivity contribution in [3.63, 3.8) is 0 Å². The molecular formula is C26H35N5O. The van der Waals surface area contributed by atoms with E-state index in [0.29, 0.717) is 5.91 Å². The van der Waals surface area contributed by atoms with Crippen molar-refractivity contribution in [2.75, 3.05) is 31.1 Å². The highest BCUT2D eigenvalue weighted by atomic mass is 16.2. The lowest BCUT2D eigenvalue weighted by atomic mass is 9.94. The summed E-state index contributed by atoms with van der Waals surface area (Å²) in [6.45, 7) is 5.77. The van der Waals surface area contributed by atoms with Crippen LogP contribution < -0.4 is 4.90 Å². The summed E-state index contributed by atoms with van der Waals surface area (Å²) in [7, 11) is 0. The summed E-state index contributed by atoms with van der Waals surface area (Å²) in [6.07, 6.45) is 11.7. The van der Waals surface area contributed by atoms with Crippen molar-refractivity contribution in [2.24, 2.45) is 5.92 Å². The highest BCUT2D eigenvalue weighted by Gasteiger charge is 2.33. The van der Waals surface area contributed by atoms with Gasteiger partial charge in [-0.1, -0.05) is 18.9 Å². The highest BCUT2D eigenvalue weighted by molar-refractivity contribution is 5.79. The van der Waals surface area contributed by atoms with Crippen LogP contribution in [0.3, 0.4) is 0 Å². The van der Waals surface area contributed by atoms with Gasteiger partial charge in [0.05, 0.1) is 0 Å². The van der Waals surface area contributed by atoms with Crippen molar-refractivity contribution in [1.82, 2.24) is 19.9 Å². The fourth-order valence-corrected chi connectivity index (χ4v) is 5.72. The predicted octanol–water partition coefficient (Wildman–Crippen LogP) is 4.07. The van der Waals surface area contributed by atoms with Gasteiger partial charge in [-0.15, -0.1) is 0 Å². The molecule has 4 heterocycles. The molecule has 0 aromatic carbocycles. The number of rotatable bonds is 5. The standard InChI is InChI=1S/C26H35N5O/c1-19-23-12-7-15-30(17-13-22-11-4-5-14-27-22)25(23)29-24(28-19)21-10-6-16-31(18-21)26(32)20-8-2-3-9-20/h4-5,11,14,20-21H,2-3,6-10,12-13,15-18H2,1H3/t21-/m0/s1. The second kappa shape index (κ2) is 9.55. The summed E-state index contributed by atoms with van der Waals surface area (Å²) in [6, 6.07) is 6.12. The van der Waals surface area contributed by atoms with E-state index in [1.807, 2.05) is 12.3 Å². The Morgan fingerprint density at radius 1 is 1.06 bits per heavy atom. The van der Waals surface area contributed by atoms with Gasteiger partial charge in [0.15, 0.2) is 0 Å². The molecule has 6 nitrogen and oxygen atoms in total. The fraction of sp³-hybridized carbons (Fsp3) is 0.615. The van der Waals surface area contributed by atoms with Crippen LogP contribution in [-0.4, -0.2) is 51.9 Å². The Hall–Kier alpha value is -2.50. The first-order chi connectivity index (χ1) is 15.7. The lowest BCUT2D eigenvalue weighted by Gasteiger charge is -2.35. The van der Waals surface area contributed by atoms with Gasteiger partial charge in [-0.3, -0.25) is 9.78 Å². The molecule has 170 valence electrons. The molecule has 0 bridgehead atoms. The third kappa shape index (κ3) is 4.50. The molecular weight excluding hydrogens is 398 g/mol. The largest absolute Gasteiger partial charge is 0.356 e. The van der Waals surface area contributed by atoms with Crippen molar-refractivity contribution in [3.05, 3.63) is 47.2 Å². The molecule has 0 spiro atoms. The summed E-state index contributed by atoms with van der Waals surface area (Å²) < 4.78 is 0. The Morgan fingerprint density at radius 2 is 1.94 bits per heavy atom. The molecule has 32 heavy (non-hydrogen) atoms. The molecule has 2 fully saturated rings. The topological polar surface area (TPSA) is 62.2 Å². The van der Waals surface area contributed by atoms with Crippen LogP contribution in [0, 0.1) is 12.8 Å². The zero-order valence-corrected chi connectivity index (χ0v) is 19.3. The number of amides is 1. The van der Waals surface area contributed by atoms with Crippen molar-refractivity contribution >= 4 is 11.7 Å². The van der Waals surface area contributed by atoms with Gasteiger partial charge in [0.1, 0.15) is 11.6 Å². The number of hydrogen-bond donors (Lipinski definition) is 0. The van der Waals surface area contributed by atoms with Crippen LogP contribution in [0.5, 0.6) is 0 Å². The molecule has 1 amide bonds. The Balaban J connectivity index is 1.33. The summed E-state index contributed by atoms with van der Waals surface area (Å²) in [5.74, 6) is 2.93. The molecule has 5 rings (SSSR count). The fourth-order valence-electron chi connectivity index (χ4n) is 5.72. The highest BCUT2D eigenvalue weighted by Crippen LogP contribution is 2.33. The van der Waals surface area contributed by atoms with Crippen molar-refractivity contribution in [2.45, 2.75) is 70.6 Å². The maximum atomic E-state index is 13.0. The molecule has 0 radical (unpaired) electrons. The zero-order valence-electron chi connectivity index (χ0n) is 19.3. The van der Waals surface area contributed by atoms with Crippen LogP contribution in [0.15, 0.2) is 24.4 Å². The second-order valence-electron chi connectivity index (χ2n) is 9.74. The minimum Gasteiger partial charge on any atom is -0.356 e. The van der Waals surface area contributed by atoms with E-state index in [1.54, 1.807) is 0 Å². The number of aromatic nitrogens is 3. The van der Waals surface area contributed by atoms with Gasteiger partial charge < -0.3 is 9.80 Å². The number of carbonyl (C=O) groups excluding carboxylic acids is 1. The average Bonchev–Trinajstić information content (AvgIpc) is 3.38. The number of nitrogens with zero attached hydrogens (tertiary/aromatic N) is 5. The van der Waals surface area contributed by atoms with Gasteiger partial charge in [-0.25, -0.2) is 9.97 Å². The van der Waals surface area contributed by atoms with E-state index in [0.717, 1.165) is 94.2 Å². The Morgan fingerprint density at radius 3 is 2.75 bits per heavy atom. The van der Waals surface area contributed by atoms with E-state index in [4.69, 9.17) is 9.97 Å². The third-order valence-corrected chi connectivity index (χ3v) is 7.53. The zero-order chi connectivity index (χ0) is 21.9. The Bertz CT molecular complexity index is 941. The quantitative estimate of drug-likeness (QED) is 0.711. The first kappa shape index (κ1) is 21.4. The summed E-state index contributed by atoms with van der Waals surface area (Å²) in [4.78, 5) is 32.2. The molecule has 2 aliphatic heterocycles. The first-order valence-electron chi connectivity index (χ1n) is 12.5.